The van der Waals surface area contributed by atoms with Crippen LogP contribution >= 0.6 is 11.8 Å². The number of carboxylic acid groups (broad SMARTS) is 1. The zero-order valence-corrected chi connectivity index (χ0v) is 12.5. The first-order valence-electron chi connectivity index (χ1n) is 6.29. The number of carboxylic acids is 1. The molecular weight excluding hydrogens is 282 g/mol. The van der Waals surface area contributed by atoms with Gasteiger partial charge in [0, 0.05) is 15.9 Å². The lowest BCUT2D eigenvalue weighted by Crippen LogP contribution is -2.05. The van der Waals surface area contributed by atoms with Crippen LogP contribution in [0.25, 0.3) is 16.5 Å². The van der Waals surface area contributed by atoms with Gasteiger partial charge in [-0.05, 0) is 12.3 Å². The molecule has 21 heavy (non-hydrogen) atoms. The smallest absolute Gasteiger partial charge is 0.337 e. The number of fused-ring (bicyclic) bond motifs is 1. The molecule has 0 spiro atoms. The molecule has 3 nitrogen and oxygen atoms in total. The maximum Gasteiger partial charge on any atom is 0.337 e. The Kier molecular flexibility index (Phi) is 4.60. The highest BCUT2D eigenvalue weighted by molar-refractivity contribution is 7.98. The van der Waals surface area contributed by atoms with Crippen LogP contribution in [0.5, 0.6) is 0 Å². The molecule has 2 rings (SSSR count). The SMILES string of the molecule is C=C/C=C(\C=C)c1nc2ccccc2c(C(=O)O)c1SC. The minimum atomic E-state index is -0.957. The van der Waals surface area contributed by atoms with Gasteiger partial charge in [-0.3, -0.25) is 0 Å². The van der Waals surface area contributed by atoms with E-state index in [1.54, 1.807) is 24.3 Å². The van der Waals surface area contributed by atoms with Gasteiger partial charge in [0.2, 0.25) is 0 Å². The fraction of sp³-hybridized carbons (Fsp3) is 0.0588. The average molecular weight is 297 g/mol. The van der Waals surface area contributed by atoms with Crippen LogP contribution < -0.4 is 0 Å². The van der Waals surface area contributed by atoms with E-state index in [2.05, 4.69) is 18.1 Å². The largest absolute Gasteiger partial charge is 0.478 e. The third-order valence-corrected chi connectivity index (χ3v) is 3.86. The fourth-order valence-electron chi connectivity index (χ4n) is 2.17. The molecule has 0 saturated carbocycles. The number of pyridine rings is 1. The zero-order valence-electron chi connectivity index (χ0n) is 11.7. The van der Waals surface area contributed by atoms with E-state index >= 15 is 0 Å². The van der Waals surface area contributed by atoms with E-state index in [0.29, 0.717) is 21.5 Å². The number of hydrogen-bond donors (Lipinski definition) is 1. The van der Waals surface area contributed by atoms with Gasteiger partial charge in [-0.15, -0.1) is 11.8 Å². The number of para-hydroxylation sites is 1. The van der Waals surface area contributed by atoms with Gasteiger partial charge in [0.25, 0.3) is 0 Å². The van der Waals surface area contributed by atoms with Crippen LogP contribution in [-0.4, -0.2) is 22.3 Å². The second-order valence-electron chi connectivity index (χ2n) is 4.25. The Morgan fingerprint density at radius 1 is 1.33 bits per heavy atom. The van der Waals surface area contributed by atoms with E-state index in [9.17, 15) is 9.90 Å². The highest BCUT2D eigenvalue weighted by atomic mass is 32.2. The van der Waals surface area contributed by atoms with Gasteiger partial charge >= 0.3 is 5.97 Å². The van der Waals surface area contributed by atoms with Crippen LogP contribution in [0.15, 0.2) is 60.5 Å². The Hall–Kier alpha value is -2.33. The molecule has 0 atom stereocenters. The van der Waals surface area contributed by atoms with Crippen LogP contribution in [0, 0.1) is 0 Å². The summed E-state index contributed by atoms with van der Waals surface area (Å²) < 4.78 is 0. The number of hydrogen-bond acceptors (Lipinski definition) is 3. The molecule has 0 aliphatic carbocycles. The highest BCUT2D eigenvalue weighted by Gasteiger charge is 2.20. The normalized spacial score (nSPS) is 11.4. The summed E-state index contributed by atoms with van der Waals surface area (Å²) in [6.45, 7) is 7.45. The average Bonchev–Trinajstić information content (AvgIpc) is 2.50. The van der Waals surface area contributed by atoms with Crippen LogP contribution in [0.4, 0.5) is 0 Å². The molecule has 1 aromatic carbocycles. The Bertz CT molecular complexity index is 763. The minimum Gasteiger partial charge on any atom is -0.478 e. The zero-order chi connectivity index (χ0) is 15.4. The number of thioether (sulfide) groups is 1. The fourth-order valence-corrected chi connectivity index (χ4v) is 2.93. The summed E-state index contributed by atoms with van der Waals surface area (Å²) in [5.41, 5.74) is 2.30. The van der Waals surface area contributed by atoms with Gasteiger partial charge in [0.15, 0.2) is 0 Å². The van der Waals surface area contributed by atoms with Crippen molar-refractivity contribution in [3.8, 4) is 0 Å². The van der Waals surface area contributed by atoms with E-state index < -0.39 is 5.97 Å². The molecule has 0 amide bonds. The minimum absolute atomic E-state index is 0.278. The molecule has 0 radical (unpaired) electrons. The summed E-state index contributed by atoms with van der Waals surface area (Å²) in [5, 5.41) is 10.2. The van der Waals surface area contributed by atoms with Gasteiger partial charge < -0.3 is 5.11 Å². The first-order chi connectivity index (χ1) is 10.1. The quantitative estimate of drug-likeness (QED) is 0.656. The van der Waals surface area contributed by atoms with Crippen molar-refractivity contribution in [1.82, 2.24) is 4.98 Å². The standard InChI is InChI=1S/C17H15NO2S/c1-4-8-11(5-2)15-16(21-3)14(17(19)20)12-9-6-7-10-13(12)18-15/h4-10H,1-2H2,3H3,(H,19,20)/b11-8+. The van der Waals surface area contributed by atoms with Crippen LogP contribution in [0.2, 0.25) is 0 Å². The molecule has 1 N–H and O–H groups in total. The van der Waals surface area contributed by atoms with Gasteiger partial charge in [-0.25, -0.2) is 9.78 Å². The number of benzene rings is 1. The maximum atomic E-state index is 11.7. The molecule has 0 aliphatic rings. The monoisotopic (exact) mass is 297 g/mol. The summed E-state index contributed by atoms with van der Waals surface area (Å²) in [6, 6.07) is 7.24. The predicted molar refractivity (Wildman–Crippen MR) is 88.9 cm³/mol. The highest BCUT2D eigenvalue weighted by Crippen LogP contribution is 2.34. The number of allylic oxidation sites excluding steroid dienone is 4. The van der Waals surface area contributed by atoms with Crippen molar-refractivity contribution in [3.05, 3.63) is 66.9 Å². The van der Waals surface area contributed by atoms with Crippen LogP contribution in [0.3, 0.4) is 0 Å². The molecular formula is C17H15NO2S. The molecule has 0 fully saturated rings. The van der Waals surface area contributed by atoms with Crippen molar-refractivity contribution in [3.63, 3.8) is 0 Å². The van der Waals surface area contributed by atoms with E-state index in [4.69, 9.17) is 0 Å². The van der Waals surface area contributed by atoms with E-state index in [0.717, 1.165) is 5.57 Å². The Labute approximate surface area is 127 Å². The van der Waals surface area contributed by atoms with Gasteiger partial charge in [0.05, 0.1) is 16.8 Å². The number of aromatic carboxylic acids is 1. The summed E-state index contributed by atoms with van der Waals surface area (Å²) in [4.78, 5) is 16.9. The third-order valence-electron chi connectivity index (χ3n) is 3.06. The van der Waals surface area contributed by atoms with Crippen LogP contribution in [-0.2, 0) is 0 Å². The molecule has 0 saturated heterocycles. The molecule has 1 aromatic heterocycles. The molecule has 2 aromatic rings. The van der Waals surface area contributed by atoms with Crippen molar-refractivity contribution < 1.29 is 9.90 Å². The van der Waals surface area contributed by atoms with E-state index in [1.807, 2.05) is 24.5 Å². The first-order valence-corrected chi connectivity index (χ1v) is 7.52. The number of aromatic nitrogens is 1. The van der Waals surface area contributed by atoms with Gasteiger partial charge in [-0.1, -0.05) is 49.6 Å². The number of rotatable bonds is 5. The maximum absolute atomic E-state index is 11.7. The molecule has 0 aliphatic heterocycles. The van der Waals surface area contributed by atoms with Crippen molar-refractivity contribution in [2.45, 2.75) is 4.90 Å². The second-order valence-corrected chi connectivity index (χ2v) is 5.07. The molecule has 0 unspecified atom stereocenters. The Morgan fingerprint density at radius 2 is 2.05 bits per heavy atom. The summed E-state index contributed by atoms with van der Waals surface area (Å²) in [5.74, 6) is -0.957. The summed E-state index contributed by atoms with van der Waals surface area (Å²) in [6.07, 6.45) is 6.91. The lowest BCUT2D eigenvalue weighted by molar-refractivity contribution is 0.0695. The van der Waals surface area contributed by atoms with Crippen molar-refractivity contribution in [2.75, 3.05) is 6.26 Å². The molecule has 1 heterocycles. The van der Waals surface area contributed by atoms with E-state index in [1.165, 1.54) is 11.8 Å². The molecule has 106 valence electrons. The van der Waals surface area contributed by atoms with E-state index in [-0.39, 0.29) is 5.56 Å². The topological polar surface area (TPSA) is 50.2 Å². The summed E-state index contributed by atoms with van der Waals surface area (Å²) in [7, 11) is 0. The Balaban J connectivity index is 2.95. The Morgan fingerprint density at radius 3 is 2.62 bits per heavy atom. The lowest BCUT2D eigenvalue weighted by atomic mass is 10.0. The predicted octanol–water partition coefficient (Wildman–Crippen LogP) is 4.41. The number of nitrogens with zero attached hydrogens (tertiary/aromatic N) is 1. The van der Waals surface area contributed by atoms with Crippen molar-refractivity contribution in [1.29, 1.82) is 0 Å². The van der Waals surface area contributed by atoms with Gasteiger partial charge in [0.1, 0.15) is 0 Å². The molecule has 0 bridgehead atoms. The van der Waals surface area contributed by atoms with Crippen molar-refractivity contribution >= 4 is 34.2 Å². The second kappa shape index (κ2) is 6.41. The van der Waals surface area contributed by atoms with Gasteiger partial charge in [-0.2, -0.15) is 0 Å². The number of carbonyl (C=O) groups is 1. The molecule has 4 heteroatoms. The van der Waals surface area contributed by atoms with Crippen LogP contribution in [0.1, 0.15) is 16.1 Å². The third kappa shape index (κ3) is 2.76. The first kappa shape index (κ1) is 15.1. The summed E-state index contributed by atoms with van der Waals surface area (Å²) >= 11 is 1.37. The lowest BCUT2D eigenvalue weighted by Gasteiger charge is -2.13. The van der Waals surface area contributed by atoms with Crippen molar-refractivity contribution in [2.24, 2.45) is 0 Å².